The van der Waals surface area contributed by atoms with Crippen molar-refractivity contribution in [2.24, 2.45) is 0 Å². The molecule has 1 aliphatic carbocycles. The Kier molecular flexibility index (Phi) is 3.89. The van der Waals surface area contributed by atoms with Crippen LogP contribution in [0, 0.1) is 6.92 Å². The highest BCUT2D eigenvalue weighted by atomic mass is 16.5. The van der Waals surface area contributed by atoms with Crippen LogP contribution in [-0.4, -0.2) is 30.9 Å². The topological polar surface area (TPSA) is 72.8 Å². The van der Waals surface area contributed by atoms with E-state index in [1.807, 2.05) is 0 Å². The number of ether oxygens (including phenoxy) is 2. The zero-order chi connectivity index (χ0) is 17.6. The van der Waals surface area contributed by atoms with Crippen LogP contribution < -0.4 is 9.47 Å². The highest BCUT2D eigenvalue weighted by Gasteiger charge is 2.36. The number of aliphatic hydroxyl groups excluding tert-OH is 1. The van der Waals surface area contributed by atoms with Gasteiger partial charge in [-0.3, -0.25) is 9.59 Å². The van der Waals surface area contributed by atoms with E-state index in [1.165, 1.54) is 14.2 Å². The van der Waals surface area contributed by atoms with E-state index in [9.17, 15) is 14.7 Å². The maximum absolute atomic E-state index is 13.1. The molecule has 1 unspecified atom stereocenters. The number of ketones is 2. The van der Waals surface area contributed by atoms with Crippen LogP contribution in [0.1, 0.15) is 56.0 Å². The fraction of sp³-hybridized carbons (Fsp3) is 0.263. The molecule has 1 aliphatic rings. The Morgan fingerprint density at radius 3 is 2.29 bits per heavy atom. The van der Waals surface area contributed by atoms with Gasteiger partial charge in [0, 0.05) is 16.7 Å². The molecule has 2 aromatic rings. The van der Waals surface area contributed by atoms with E-state index in [1.54, 1.807) is 38.1 Å². The predicted molar refractivity (Wildman–Crippen MR) is 88.2 cm³/mol. The third-order valence-corrected chi connectivity index (χ3v) is 4.34. The molecule has 1 atom stereocenters. The number of fused-ring (bicyclic) bond motifs is 2. The lowest BCUT2D eigenvalue weighted by Gasteiger charge is -2.25. The Labute approximate surface area is 139 Å². The zero-order valence-corrected chi connectivity index (χ0v) is 14.0. The number of hydrogen-bond donors (Lipinski definition) is 1. The summed E-state index contributed by atoms with van der Waals surface area (Å²) in [5.41, 5.74) is 2.23. The maximum Gasteiger partial charge on any atom is 0.201 e. The number of hydrogen-bond acceptors (Lipinski definition) is 5. The van der Waals surface area contributed by atoms with Crippen molar-refractivity contribution in [1.29, 1.82) is 0 Å². The molecule has 5 nitrogen and oxygen atoms in total. The Hall–Kier alpha value is -2.66. The largest absolute Gasteiger partial charge is 0.496 e. The average Bonchev–Trinajstić information content (AvgIpc) is 2.57. The summed E-state index contributed by atoms with van der Waals surface area (Å²) in [5, 5.41) is 10.1. The molecule has 0 aromatic heterocycles. The second kappa shape index (κ2) is 5.76. The monoisotopic (exact) mass is 326 g/mol. The van der Waals surface area contributed by atoms with Gasteiger partial charge in [-0.2, -0.15) is 0 Å². The van der Waals surface area contributed by atoms with E-state index < -0.39 is 6.10 Å². The van der Waals surface area contributed by atoms with E-state index >= 15 is 0 Å². The molecule has 0 amide bonds. The van der Waals surface area contributed by atoms with Gasteiger partial charge in [0.2, 0.25) is 5.78 Å². The molecule has 1 N–H and O–H groups in total. The molecular formula is C19H18O5. The van der Waals surface area contributed by atoms with Crippen LogP contribution in [0.4, 0.5) is 0 Å². The van der Waals surface area contributed by atoms with Crippen molar-refractivity contribution in [3.05, 3.63) is 57.6 Å². The van der Waals surface area contributed by atoms with Gasteiger partial charge in [0.05, 0.1) is 31.5 Å². The highest BCUT2D eigenvalue weighted by molar-refractivity contribution is 6.30. The van der Waals surface area contributed by atoms with Gasteiger partial charge >= 0.3 is 0 Å². The van der Waals surface area contributed by atoms with Gasteiger partial charge in [0.25, 0.3) is 0 Å². The number of rotatable bonds is 3. The normalized spacial score (nSPS) is 14.0. The van der Waals surface area contributed by atoms with Crippen molar-refractivity contribution >= 4 is 11.6 Å². The SMILES string of the molecule is COc1cccc2c1C(=O)c1c(cc(C)c(C(C)O)c1OC)C2=O. The van der Waals surface area contributed by atoms with Gasteiger partial charge in [-0.1, -0.05) is 12.1 Å². The summed E-state index contributed by atoms with van der Waals surface area (Å²) >= 11 is 0. The summed E-state index contributed by atoms with van der Waals surface area (Å²) in [7, 11) is 2.88. The van der Waals surface area contributed by atoms with Crippen LogP contribution in [0.3, 0.4) is 0 Å². The predicted octanol–water partition coefficient (Wildman–Crippen LogP) is 2.84. The number of aryl methyl sites for hydroxylation is 1. The fourth-order valence-corrected chi connectivity index (χ4v) is 3.33. The van der Waals surface area contributed by atoms with Gasteiger partial charge in [-0.25, -0.2) is 0 Å². The Morgan fingerprint density at radius 1 is 1.00 bits per heavy atom. The smallest absolute Gasteiger partial charge is 0.201 e. The Balaban J connectivity index is 2.39. The second-order valence-electron chi connectivity index (χ2n) is 5.78. The minimum atomic E-state index is -0.827. The first-order valence-electron chi connectivity index (χ1n) is 7.58. The molecule has 0 fully saturated rings. The Bertz CT molecular complexity index is 865. The van der Waals surface area contributed by atoms with Gasteiger partial charge in [0.15, 0.2) is 5.78 Å². The average molecular weight is 326 g/mol. The molecule has 124 valence electrons. The maximum atomic E-state index is 13.1. The van der Waals surface area contributed by atoms with E-state index in [4.69, 9.17) is 9.47 Å². The first kappa shape index (κ1) is 16.2. The van der Waals surface area contributed by atoms with Crippen molar-refractivity contribution in [1.82, 2.24) is 0 Å². The van der Waals surface area contributed by atoms with Crippen molar-refractivity contribution in [3.8, 4) is 11.5 Å². The highest BCUT2D eigenvalue weighted by Crippen LogP contribution is 2.41. The van der Waals surface area contributed by atoms with E-state index in [0.717, 1.165) is 0 Å². The molecule has 0 bridgehead atoms. The fourth-order valence-electron chi connectivity index (χ4n) is 3.33. The molecule has 0 heterocycles. The minimum absolute atomic E-state index is 0.181. The lowest BCUT2D eigenvalue weighted by atomic mass is 9.80. The zero-order valence-electron chi connectivity index (χ0n) is 14.0. The molecule has 2 aromatic carbocycles. The molecule has 5 heteroatoms. The summed E-state index contributed by atoms with van der Waals surface area (Å²) in [6.45, 7) is 3.38. The Morgan fingerprint density at radius 2 is 1.71 bits per heavy atom. The molecule has 0 radical (unpaired) electrons. The third-order valence-electron chi connectivity index (χ3n) is 4.34. The van der Waals surface area contributed by atoms with E-state index in [2.05, 4.69) is 0 Å². The first-order valence-corrected chi connectivity index (χ1v) is 7.58. The molecular weight excluding hydrogens is 308 g/mol. The number of benzene rings is 2. The molecule has 0 spiro atoms. The number of aliphatic hydroxyl groups is 1. The van der Waals surface area contributed by atoms with Crippen molar-refractivity contribution in [2.75, 3.05) is 14.2 Å². The van der Waals surface area contributed by atoms with Gasteiger partial charge in [-0.15, -0.1) is 0 Å². The summed E-state index contributed by atoms with van der Waals surface area (Å²) in [6.07, 6.45) is -0.827. The van der Waals surface area contributed by atoms with Gasteiger partial charge in [-0.05, 0) is 31.5 Å². The number of carbonyl (C=O) groups is 2. The molecule has 0 aliphatic heterocycles. The molecule has 0 saturated heterocycles. The van der Waals surface area contributed by atoms with Gasteiger partial charge < -0.3 is 14.6 Å². The second-order valence-corrected chi connectivity index (χ2v) is 5.78. The quantitative estimate of drug-likeness (QED) is 0.801. The standard InChI is InChI=1S/C19H18O5/c1-9-8-12-16(19(24-4)14(9)10(2)20)18(22)15-11(17(12)21)6-5-7-13(15)23-3/h5-8,10,20H,1-4H3. The van der Waals surface area contributed by atoms with Crippen LogP contribution >= 0.6 is 0 Å². The van der Waals surface area contributed by atoms with Gasteiger partial charge in [0.1, 0.15) is 11.5 Å². The van der Waals surface area contributed by atoms with Crippen LogP contribution in [0.25, 0.3) is 0 Å². The summed E-state index contributed by atoms with van der Waals surface area (Å²) in [6, 6.07) is 6.58. The summed E-state index contributed by atoms with van der Waals surface area (Å²) in [5.74, 6) is 0.000439. The van der Waals surface area contributed by atoms with E-state index in [-0.39, 0.29) is 28.4 Å². The van der Waals surface area contributed by atoms with Crippen LogP contribution in [0.15, 0.2) is 24.3 Å². The number of methoxy groups -OCH3 is 2. The summed E-state index contributed by atoms with van der Waals surface area (Å²) in [4.78, 5) is 26.0. The lowest BCUT2D eigenvalue weighted by Crippen LogP contribution is -2.24. The molecule has 0 saturated carbocycles. The molecule has 3 rings (SSSR count). The summed E-state index contributed by atoms with van der Waals surface area (Å²) < 4.78 is 10.7. The minimum Gasteiger partial charge on any atom is -0.496 e. The molecule has 24 heavy (non-hydrogen) atoms. The number of carbonyl (C=O) groups excluding carboxylic acids is 2. The lowest BCUT2D eigenvalue weighted by molar-refractivity contribution is 0.0973. The van der Waals surface area contributed by atoms with Crippen LogP contribution in [0.2, 0.25) is 0 Å². The van der Waals surface area contributed by atoms with Crippen molar-refractivity contribution < 1.29 is 24.2 Å². The first-order chi connectivity index (χ1) is 11.4. The van der Waals surface area contributed by atoms with Crippen molar-refractivity contribution in [3.63, 3.8) is 0 Å². The van der Waals surface area contributed by atoms with Crippen molar-refractivity contribution in [2.45, 2.75) is 20.0 Å². The van der Waals surface area contributed by atoms with Crippen LogP contribution in [-0.2, 0) is 0 Å². The third kappa shape index (κ3) is 2.12. The van der Waals surface area contributed by atoms with Crippen LogP contribution in [0.5, 0.6) is 11.5 Å². The van der Waals surface area contributed by atoms with E-state index in [0.29, 0.717) is 28.0 Å².